The summed E-state index contributed by atoms with van der Waals surface area (Å²) < 4.78 is 13.2. The summed E-state index contributed by atoms with van der Waals surface area (Å²) in [5.74, 6) is -1.09. The Morgan fingerprint density at radius 1 is 1.21 bits per heavy atom. The van der Waals surface area contributed by atoms with Gasteiger partial charge in [-0.3, -0.25) is 0 Å². The van der Waals surface area contributed by atoms with Crippen molar-refractivity contribution in [1.29, 1.82) is 0 Å². The predicted molar refractivity (Wildman–Crippen MR) is 74.4 cm³/mol. The van der Waals surface area contributed by atoms with Crippen molar-refractivity contribution in [3.05, 3.63) is 64.4 Å². The summed E-state index contributed by atoms with van der Waals surface area (Å²) in [7, 11) is 0. The van der Waals surface area contributed by atoms with Crippen LogP contribution in [0.4, 0.5) is 4.39 Å². The molecule has 0 atom stereocenters. The van der Waals surface area contributed by atoms with Gasteiger partial charge in [-0.25, -0.2) is 9.18 Å². The first kappa shape index (κ1) is 13.9. The van der Waals surface area contributed by atoms with E-state index >= 15 is 0 Å². The van der Waals surface area contributed by atoms with Gasteiger partial charge in [-0.15, -0.1) is 11.8 Å². The van der Waals surface area contributed by atoms with E-state index in [0.717, 1.165) is 11.0 Å². The Bertz CT molecular complexity index is 599. The molecule has 0 aliphatic rings. The fourth-order valence-electron chi connectivity index (χ4n) is 1.58. The fourth-order valence-corrected chi connectivity index (χ4v) is 2.60. The second kappa shape index (κ2) is 6.08. The Morgan fingerprint density at radius 3 is 2.53 bits per heavy atom. The number of aromatic carboxylic acids is 1. The number of halogens is 2. The highest BCUT2D eigenvalue weighted by Crippen LogP contribution is 2.26. The van der Waals surface area contributed by atoms with Crippen LogP contribution in [0.1, 0.15) is 15.9 Å². The summed E-state index contributed by atoms with van der Waals surface area (Å²) in [5, 5.41) is 9.68. The van der Waals surface area contributed by atoms with E-state index in [1.165, 1.54) is 23.9 Å². The van der Waals surface area contributed by atoms with Gasteiger partial charge in [0.2, 0.25) is 0 Å². The van der Waals surface area contributed by atoms with Crippen LogP contribution in [0, 0.1) is 5.82 Å². The number of carboxylic acids is 1. The molecule has 0 spiro atoms. The van der Waals surface area contributed by atoms with Gasteiger partial charge in [0.05, 0.1) is 5.56 Å². The van der Waals surface area contributed by atoms with Gasteiger partial charge >= 0.3 is 5.97 Å². The molecule has 5 heteroatoms. The standard InChI is InChI=1S/C14H10ClFO2S/c15-10-1-4-12(5-2-10)19-8-9-7-11(16)3-6-13(9)14(17)18/h1-7H,8H2,(H,17,18). The third-order valence-electron chi connectivity index (χ3n) is 2.51. The Labute approximate surface area is 119 Å². The molecule has 1 N–H and O–H groups in total. The predicted octanol–water partition coefficient (Wildman–Crippen LogP) is 4.47. The minimum Gasteiger partial charge on any atom is -0.478 e. The Kier molecular flexibility index (Phi) is 4.45. The molecule has 98 valence electrons. The summed E-state index contributed by atoms with van der Waals surface area (Å²) in [6.07, 6.45) is 0. The average molecular weight is 297 g/mol. The summed E-state index contributed by atoms with van der Waals surface area (Å²) in [6, 6.07) is 10.9. The molecule has 2 rings (SSSR count). The highest BCUT2D eigenvalue weighted by atomic mass is 35.5. The van der Waals surface area contributed by atoms with Crippen LogP contribution < -0.4 is 0 Å². The van der Waals surface area contributed by atoms with E-state index in [0.29, 0.717) is 16.3 Å². The molecule has 0 amide bonds. The molecule has 0 saturated heterocycles. The minimum absolute atomic E-state index is 0.128. The number of hydrogen-bond donors (Lipinski definition) is 1. The molecule has 2 aromatic rings. The molecule has 19 heavy (non-hydrogen) atoms. The van der Waals surface area contributed by atoms with Crippen molar-refractivity contribution in [2.75, 3.05) is 0 Å². The third kappa shape index (κ3) is 3.72. The molecule has 0 bridgehead atoms. The van der Waals surface area contributed by atoms with Crippen molar-refractivity contribution in [3.63, 3.8) is 0 Å². The molecule has 0 fully saturated rings. The van der Waals surface area contributed by atoms with E-state index in [2.05, 4.69) is 0 Å². The van der Waals surface area contributed by atoms with Crippen LogP contribution in [0.2, 0.25) is 5.02 Å². The number of carbonyl (C=O) groups is 1. The summed E-state index contributed by atoms with van der Waals surface area (Å²) in [4.78, 5) is 12.0. The lowest BCUT2D eigenvalue weighted by Crippen LogP contribution is -2.02. The van der Waals surface area contributed by atoms with Crippen molar-refractivity contribution in [2.24, 2.45) is 0 Å². The van der Waals surface area contributed by atoms with E-state index in [1.54, 1.807) is 12.1 Å². The van der Waals surface area contributed by atoms with Crippen LogP contribution in [0.15, 0.2) is 47.4 Å². The van der Waals surface area contributed by atoms with Crippen molar-refractivity contribution in [1.82, 2.24) is 0 Å². The van der Waals surface area contributed by atoms with E-state index in [9.17, 15) is 9.18 Å². The zero-order chi connectivity index (χ0) is 13.8. The zero-order valence-corrected chi connectivity index (χ0v) is 11.3. The first-order valence-electron chi connectivity index (χ1n) is 5.46. The Morgan fingerprint density at radius 2 is 1.89 bits per heavy atom. The molecule has 0 saturated carbocycles. The van der Waals surface area contributed by atoms with Gasteiger partial charge in [0.15, 0.2) is 0 Å². The van der Waals surface area contributed by atoms with Gasteiger partial charge < -0.3 is 5.11 Å². The first-order valence-corrected chi connectivity index (χ1v) is 6.83. The van der Waals surface area contributed by atoms with Crippen molar-refractivity contribution in [2.45, 2.75) is 10.6 Å². The fraction of sp³-hybridized carbons (Fsp3) is 0.0714. The smallest absolute Gasteiger partial charge is 0.335 e. The molecule has 0 aliphatic heterocycles. The molecule has 0 aromatic heterocycles. The van der Waals surface area contributed by atoms with Gasteiger partial charge in [-0.2, -0.15) is 0 Å². The second-order valence-electron chi connectivity index (χ2n) is 3.85. The van der Waals surface area contributed by atoms with E-state index in [-0.39, 0.29) is 5.56 Å². The van der Waals surface area contributed by atoms with Gasteiger partial charge in [0, 0.05) is 15.7 Å². The maximum Gasteiger partial charge on any atom is 0.335 e. The largest absolute Gasteiger partial charge is 0.478 e. The lowest BCUT2D eigenvalue weighted by atomic mass is 10.1. The Hall–Kier alpha value is -1.52. The first-order chi connectivity index (χ1) is 9.06. The molecule has 0 aliphatic carbocycles. The van der Waals surface area contributed by atoms with Crippen LogP contribution in [-0.2, 0) is 5.75 Å². The zero-order valence-electron chi connectivity index (χ0n) is 9.77. The lowest BCUT2D eigenvalue weighted by molar-refractivity contribution is 0.0696. The molecular weight excluding hydrogens is 287 g/mol. The van der Waals surface area contributed by atoms with Crippen molar-refractivity contribution < 1.29 is 14.3 Å². The molecule has 0 heterocycles. The van der Waals surface area contributed by atoms with E-state index in [1.807, 2.05) is 12.1 Å². The van der Waals surface area contributed by atoms with Gasteiger partial charge in [0.1, 0.15) is 5.82 Å². The van der Waals surface area contributed by atoms with Crippen LogP contribution >= 0.6 is 23.4 Å². The highest BCUT2D eigenvalue weighted by molar-refractivity contribution is 7.98. The molecule has 0 unspecified atom stereocenters. The lowest BCUT2D eigenvalue weighted by Gasteiger charge is -2.06. The number of hydrogen-bond acceptors (Lipinski definition) is 2. The van der Waals surface area contributed by atoms with Gasteiger partial charge in [-0.05, 0) is 48.0 Å². The average Bonchev–Trinajstić information content (AvgIpc) is 2.38. The van der Waals surface area contributed by atoms with Crippen molar-refractivity contribution in [3.8, 4) is 0 Å². The van der Waals surface area contributed by atoms with E-state index < -0.39 is 11.8 Å². The normalized spacial score (nSPS) is 10.4. The molecule has 0 radical (unpaired) electrons. The van der Waals surface area contributed by atoms with Crippen LogP contribution in [-0.4, -0.2) is 11.1 Å². The molecule has 2 aromatic carbocycles. The molecule has 2 nitrogen and oxygen atoms in total. The second-order valence-corrected chi connectivity index (χ2v) is 5.33. The molecular formula is C14H10ClFO2S. The Balaban J connectivity index is 2.16. The SMILES string of the molecule is O=C(O)c1ccc(F)cc1CSc1ccc(Cl)cc1. The summed E-state index contributed by atoms with van der Waals surface area (Å²) >= 11 is 7.21. The van der Waals surface area contributed by atoms with Gasteiger partial charge in [-0.1, -0.05) is 11.6 Å². The number of rotatable bonds is 4. The monoisotopic (exact) mass is 296 g/mol. The number of thioether (sulfide) groups is 1. The maximum atomic E-state index is 13.2. The van der Waals surface area contributed by atoms with Crippen LogP contribution in [0.3, 0.4) is 0 Å². The summed E-state index contributed by atoms with van der Waals surface area (Å²) in [5.41, 5.74) is 0.593. The topological polar surface area (TPSA) is 37.3 Å². The minimum atomic E-state index is -1.05. The van der Waals surface area contributed by atoms with Crippen LogP contribution in [0.25, 0.3) is 0 Å². The van der Waals surface area contributed by atoms with Gasteiger partial charge in [0.25, 0.3) is 0 Å². The van der Waals surface area contributed by atoms with Crippen molar-refractivity contribution >= 4 is 29.3 Å². The maximum absolute atomic E-state index is 13.2. The quantitative estimate of drug-likeness (QED) is 0.846. The third-order valence-corrected chi connectivity index (χ3v) is 3.82. The van der Waals surface area contributed by atoms with E-state index in [4.69, 9.17) is 16.7 Å². The number of carboxylic acid groups (broad SMARTS) is 1. The number of benzene rings is 2. The summed E-state index contributed by atoms with van der Waals surface area (Å²) in [6.45, 7) is 0. The van der Waals surface area contributed by atoms with Crippen LogP contribution in [0.5, 0.6) is 0 Å². The highest BCUT2D eigenvalue weighted by Gasteiger charge is 2.11.